The van der Waals surface area contributed by atoms with Crippen molar-refractivity contribution in [3.05, 3.63) is 18.0 Å². The van der Waals surface area contributed by atoms with E-state index in [0.717, 1.165) is 18.5 Å². The van der Waals surface area contributed by atoms with Crippen LogP contribution in [-0.2, 0) is 4.79 Å². The van der Waals surface area contributed by atoms with E-state index in [2.05, 4.69) is 15.3 Å². The second-order valence-electron chi connectivity index (χ2n) is 5.08. The molecule has 0 spiro atoms. The molecule has 0 bridgehead atoms. The highest BCUT2D eigenvalue weighted by molar-refractivity contribution is 8.00. The van der Waals surface area contributed by atoms with Gasteiger partial charge in [0.15, 0.2) is 5.16 Å². The van der Waals surface area contributed by atoms with Crippen molar-refractivity contribution in [3.63, 3.8) is 0 Å². The molecule has 1 aromatic heterocycles. The molecule has 1 aliphatic rings. The number of hydrogen-bond acceptors (Lipinski definition) is 4. The molecule has 0 aromatic carbocycles. The lowest BCUT2D eigenvalue weighted by molar-refractivity contribution is -0.121. The zero-order chi connectivity index (χ0) is 13.7. The maximum atomic E-state index is 12.1. The molecule has 0 radical (unpaired) electrons. The van der Waals surface area contributed by atoms with Crippen LogP contribution in [0.5, 0.6) is 0 Å². The van der Waals surface area contributed by atoms with Gasteiger partial charge < -0.3 is 5.32 Å². The third-order valence-electron chi connectivity index (χ3n) is 3.38. The molecule has 1 aliphatic carbocycles. The fraction of sp³-hybridized carbons (Fsp3) is 0.643. The van der Waals surface area contributed by atoms with E-state index >= 15 is 0 Å². The number of carbonyl (C=O) groups is 1. The maximum absolute atomic E-state index is 12.1. The third-order valence-corrected chi connectivity index (χ3v) is 4.35. The highest BCUT2D eigenvalue weighted by Gasteiger charge is 2.20. The molecule has 2 rings (SSSR count). The summed E-state index contributed by atoms with van der Waals surface area (Å²) >= 11 is 1.42. The molecule has 0 saturated heterocycles. The summed E-state index contributed by atoms with van der Waals surface area (Å²) < 4.78 is 0. The van der Waals surface area contributed by atoms with Crippen LogP contribution >= 0.6 is 11.8 Å². The van der Waals surface area contributed by atoms with Gasteiger partial charge in [0.2, 0.25) is 5.91 Å². The Kier molecular flexibility index (Phi) is 5.19. The molecule has 1 atom stereocenters. The number of nitrogens with zero attached hydrogens (tertiary/aromatic N) is 2. The molecule has 1 saturated carbocycles. The van der Waals surface area contributed by atoms with Gasteiger partial charge in [-0.15, -0.1) is 0 Å². The van der Waals surface area contributed by atoms with Gasteiger partial charge >= 0.3 is 0 Å². The number of nitrogens with one attached hydrogen (secondary N) is 1. The molecule has 1 N–H and O–H groups in total. The number of aryl methyl sites for hydroxylation is 1. The van der Waals surface area contributed by atoms with E-state index in [1.54, 1.807) is 6.20 Å². The lowest BCUT2D eigenvalue weighted by Crippen LogP contribution is -2.40. The number of rotatable bonds is 4. The summed E-state index contributed by atoms with van der Waals surface area (Å²) in [6, 6.07) is 2.22. The van der Waals surface area contributed by atoms with E-state index in [9.17, 15) is 4.79 Å². The van der Waals surface area contributed by atoms with Crippen LogP contribution in [0.4, 0.5) is 0 Å². The molecule has 1 fully saturated rings. The van der Waals surface area contributed by atoms with Crippen LogP contribution in [0.1, 0.15) is 44.7 Å². The van der Waals surface area contributed by atoms with Crippen molar-refractivity contribution in [1.29, 1.82) is 0 Å². The first-order valence-corrected chi connectivity index (χ1v) is 7.80. The van der Waals surface area contributed by atoms with Gasteiger partial charge in [-0.25, -0.2) is 9.97 Å². The number of amides is 1. The van der Waals surface area contributed by atoms with E-state index in [1.165, 1.54) is 31.0 Å². The predicted octanol–water partition coefficient (Wildman–Crippen LogP) is 2.71. The summed E-state index contributed by atoms with van der Waals surface area (Å²) in [7, 11) is 0. The van der Waals surface area contributed by atoms with Crippen molar-refractivity contribution in [2.24, 2.45) is 0 Å². The molecule has 0 aliphatic heterocycles. The van der Waals surface area contributed by atoms with E-state index in [-0.39, 0.29) is 11.2 Å². The molecule has 5 heteroatoms. The van der Waals surface area contributed by atoms with Gasteiger partial charge in [-0.05, 0) is 32.8 Å². The molecular weight excluding hydrogens is 258 g/mol. The molecule has 1 amide bonds. The van der Waals surface area contributed by atoms with Crippen LogP contribution in [0.2, 0.25) is 0 Å². The van der Waals surface area contributed by atoms with Gasteiger partial charge in [0, 0.05) is 17.9 Å². The zero-order valence-electron chi connectivity index (χ0n) is 11.6. The monoisotopic (exact) mass is 279 g/mol. The first-order chi connectivity index (χ1) is 9.15. The van der Waals surface area contributed by atoms with Crippen LogP contribution in [0.25, 0.3) is 0 Å². The van der Waals surface area contributed by atoms with Crippen molar-refractivity contribution < 1.29 is 4.79 Å². The smallest absolute Gasteiger partial charge is 0.233 e. The quantitative estimate of drug-likeness (QED) is 0.680. The first kappa shape index (κ1) is 14.3. The Morgan fingerprint density at radius 3 is 2.84 bits per heavy atom. The average molecular weight is 279 g/mol. The maximum Gasteiger partial charge on any atom is 0.233 e. The highest BCUT2D eigenvalue weighted by Crippen LogP contribution is 2.21. The molecule has 4 nitrogen and oxygen atoms in total. The van der Waals surface area contributed by atoms with Crippen LogP contribution < -0.4 is 5.32 Å². The van der Waals surface area contributed by atoms with E-state index < -0.39 is 0 Å². The zero-order valence-corrected chi connectivity index (χ0v) is 12.4. The minimum atomic E-state index is -0.149. The second kappa shape index (κ2) is 6.89. The largest absolute Gasteiger partial charge is 0.352 e. The first-order valence-electron chi connectivity index (χ1n) is 6.92. The Morgan fingerprint density at radius 1 is 1.42 bits per heavy atom. The molecule has 1 heterocycles. The summed E-state index contributed by atoms with van der Waals surface area (Å²) in [4.78, 5) is 20.6. The number of thioether (sulfide) groups is 1. The SMILES string of the molecule is Cc1ccnc(S[C@@H](C)C(=O)NC2CCCCC2)n1. The fourth-order valence-corrected chi connectivity index (χ4v) is 3.07. The van der Waals surface area contributed by atoms with Gasteiger partial charge in [-0.3, -0.25) is 4.79 Å². The van der Waals surface area contributed by atoms with Gasteiger partial charge in [-0.1, -0.05) is 31.0 Å². The van der Waals surface area contributed by atoms with E-state index in [4.69, 9.17) is 0 Å². The van der Waals surface area contributed by atoms with Crippen LogP contribution in [0.15, 0.2) is 17.4 Å². The summed E-state index contributed by atoms with van der Waals surface area (Å²) in [5.74, 6) is 0.0991. The Morgan fingerprint density at radius 2 is 2.16 bits per heavy atom. The predicted molar refractivity (Wildman–Crippen MR) is 77.1 cm³/mol. The Labute approximate surface area is 118 Å². The van der Waals surface area contributed by atoms with Crippen molar-refractivity contribution >= 4 is 17.7 Å². The summed E-state index contributed by atoms with van der Waals surface area (Å²) in [5, 5.41) is 3.66. The number of aromatic nitrogens is 2. The molecule has 0 unspecified atom stereocenters. The number of hydrogen-bond donors (Lipinski definition) is 1. The molecule has 19 heavy (non-hydrogen) atoms. The Bertz CT molecular complexity index is 432. The second-order valence-corrected chi connectivity index (χ2v) is 6.39. The molecule has 104 valence electrons. The topological polar surface area (TPSA) is 54.9 Å². The van der Waals surface area contributed by atoms with Crippen molar-refractivity contribution in [3.8, 4) is 0 Å². The number of carbonyl (C=O) groups excluding carboxylic acids is 1. The van der Waals surface area contributed by atoms with Gasteiger partial charge in [0.05, 0.1) is 5.25 Å². The van der Waals surface area contributed by atoms with Crippen LogP contribution in [0.3, 0.4) is 0 Å². The summed E-state index contributed by atoms with van der Waals surface area (Å²) in [6.07, 6.45) is 7.72. The van der Waals surface area contributed by atoms with Crippen LogP contribution in [0, 0.1) is 6.92 Å². The lowest BCUT2D eigenvalue weighted by atomic mass is 9.95. The van der Waals surface area contributed by atoms with Gasteiger partial charge in [-0.2, -0.15) is 0 Å². The molecular formula is C14H21N3OS. The third kappa shape index (κ3) is 4.49. The van der Waals surface area contributed by atoms with E-state index in [0.29, 0.717) is 11.2 Å². The van der Waals surface area contributed by atoms with E-state index in [1.807, 2.05) is 19.9 Å². The standard InChI is InChI=1S/C14H21N3OS/c1-10-8-9-15-14(16-10)19-11(2)13(18)17-12-6-4-3-5-7-12/h8-9,11-12H,3-7H2,1-2H3,(H,17,18)/t11-/m0/s1. The highest BCUT2D eigenvalue weighted by atomic mass is 32.2. The minimum Gasteiger partial charge on any atom is -0.352 e. The summed E-state index contributed by atoms with van der Waals surface area (Å²) in [6.45, 7) is 3.84. The van der Waals surface area contributed by atoms with Gasteiger partial charge in [0.1, 0.15) is 0 Å². The van der Waals surface area contributed by atoms with Crippen molar-refractivity contribution in [2.45, 2.75) is 62.4 Å². The average Bonchev–Trinajstić information content (AvgIpc) is 2.40. The Balaban J connectivity index is 1.84. The Hall–Kier alpha value is -1.10. The van der Waals surface area contributed by atoms with Crippen molar-refractivity contribution in [1.82, 2.24) is 15.3 Å². The minimum absolute atomic E-state index is 0.0991. The summed E-state index contributed by atoms with van der Waals surface area (Å²) in [5.41, 5.74) is 0.928. The lowest BCUT2D eigenvalue weighted by Gasteiger charge is -2.24. The van der Waals surface area contributed by atoms with Gasteiger partial charge in [0.25, 0.3) is 0 Å². The van der Waals surface area contributed by atoms with Crippen LogP contribution in [-0.4, -0.2) is 27.2 Å². The normalized spacial score (nSPS) is 18.0. The fourth-order valence-electron chi connectivity index (χ4n) is 2.26. The van der Waals surface area contributed by atoms with Crippen molar-refractivity contribution in [2.75, 3.05) is 0 Å². The molecule has 1 aromatic rings.